The smallest absolute Gasteiger partial charge is 0.263 e. The highest BCUT2D eigenvalue weighted by atomic mass is 35.5. The topological polar surface area (TPSA) is 96.0 Å². The van der Waals surface area contributed by atoms with Crippen molar-refractivity contribution in [2.24, 2.45) is 0 Å². The summed E-state index contributed by atoms with van der Waals surface area (Å²) in [6.45, 7) is 0. The molecule has 0 amide bonds. The molecule has 0 aliphatic heterocycles. The Kier molecular flexibility index (Phi) is 4.28. The van der Waals surface area contributed by atoms with Gasteiger partial charge in [-0.25, -0.2) is 8.42 Å². The van der Waals surface area contributed by atoms with Gasteiger partial charge in [0.1, 0.15) is 11.0 Å². The van der Waals surface area contributed by atoms with Gasteiger partial charge in [-0.2, -0.15) is 5.26 Å². The Hall–Kier alpha value is -1.94. The Morgan fingerprint density at radius 2 is 1.76 bits per heavy atom. The maximum absolute atomic E-state index is 12.3. The number of benzene rings is 2. The zero-order chi connectivity index (χ0) is 15.6. The molecule has 2 aromatic rings. The molecule has 8 heteroatoms. The summed E-state index contributed by atoms with van der Waals surface area (Å²) in [5.41, 5.74) is 6.21. The first-order chi connectivity index (χ1) is 9.83. The first-order valence-electron chi connectivity index (χ1n) is 5.61. The van der Waals surface area contributed by atoms with Gasteiger partial charge in [-0.1, -0.05) is 23.2 Å². The van der Waals surface area contributed by atoms with Crippen LogP contribution < -0.4 is 10.5 Å². The van der Waals surface area contributed by atoms with Gasteiger partial charge in [-0.3, -0.25) is 4.72 Å². The molecule has 0 fully saturated rings. The molecule has 5 nitrogen and oxygen atoms in total. The third-order valence-corrected chi connectivity index (χ3v) is 4.78. The summed E-state index contributed by atoms with van der Waals surface area (Å²) in [7, 11) is -3.92. The number of sulfonamides is 1. The van der Waals surface area contributed by atoms with Crippen LogP contribution in [0.2, 0.25) is 10.0 Å². The number of rotatable bonds is 3. The van der Waals surface area contributed by atoms with Crippen molar-refractivity contribution in [3.8, 4) is 6.07 Å². The minimum absolute atomic E-state index is 0.0474. The number of nitriles is 1. The monoisotopic (exact) mass is 341 g/mol. The molecule has 0 saturated heterocycles. The summed E-state index contributed by atoms with van der Waals surface area (Å²) < 4.78 is 26.9. The van der Waals surface area contributed by atoms with E-state index in [1.54, 1.807) is 0 Å². The van der Waals surface area contributed by atoms with E-state index in [9.17, 15) is 8.42 Å². The van der Waals surface area contributed by atoms with Crippen molar-refractivity contribution in [2.75, 3.05) is 10.5 Å². The maximum atomic E-state index is 12.3. The SMILES string of the molecule is N#Cc1cc(NS(=O)(=O)c2cc(N)ccc2Cl)ccc1Cl. The van der Waals surface area contributed by atoms with Gasteiger partial charge in [-0.05, 0) is 36.4 Å². The lowest BCUT2D eigenvalue weighted by Gasteiger charge is -2.10. The number of hydrogen-bond donors (Lipinski definition) is 2. The lowest BCUT2D eigenvalue weighted by molar-refractivity contribution is 0.601. The summed E-state index contributed by atoms with van der Waals surface area (Å²) in [4.78, 5) is -0.141. The average Bonchev–Trinajstić information content (AvgIpc) is 2.43. The highest BCUT2D eigenvalue weighted by molar-refractivity contribution is 7.92. The average molecular weight is 342 g/mol. The molecular formula is C13H9Cl2N3O2S. The molecule has 0 saturated carbocycles. The van der Waals surface area contributed by atoms with Crippen molar-refractivity contribution in [1.29, 1.82) is 5.26 Å². The van der Waals surface area contributed by atoms with Crippen molar-refractivity contribution in [2.45, 2.75) is 4.90 Å². The number of nitrogens with zero attached hydrogens (tertiary/aromatic N) is 1. The van der Waals surface area contributed by atoms with E-state index in [-0.39, 0.29) is 31.9 Å². The molecule has 2 aromatic carbocycles. The van der Waals surface area contributed by atoms with Crippen molar-refractivity contribution in [1.82, 2.24) is 0 Å². The molecular weight excluding hydrogens is 333 g/mol. The van der Waals surface area contributed by atoms with Crippen LogP contribution in [0.3, 0.4) is 0 Å². The van der Waals surface area contributed by atoms with E-state index in [2.05, 4.69) is 4.72 Å². The third kappa shape index (κ3) is 3.39. The summed E-state index contributed by atoms with van der Waals surface area (Å²) >= 11 is 11.7. The van der Waals surface area contributed by atoms with Gasteiger partial charge in [0.25, 0.3) is 10.0 Å². The van der Waals surface area contributed by atoms with E-state index >= 15 is 0 Å². The van der Waals surface area contributed by atoms with Gasteiger partial charge in [-0.15, -0.1) is 0 Å². The number of nitrogens with two attached hydrogens (primary N) is 1. The van der Waals surface area contributed by atoms with Crippen LogP contribution in [-0.2, 0) is 10.0 Å². The van der Waals surface area contributed by atoms with E-state index in [1.807, 2.05) is 6.07 Å². The first kappa shape index (κ1) is 15.4. The van der Waals surface area contributed by atoms with Crippen molar-refractivity contribution in [3.63, 3.8) is 0 Å². The van der Waals surface area contributed by atoms with Crippen LogP contribution in [0.5, 0.6) is 0 Å². The third-order valence-electron chi connectivity index (χ3n) is 2.58. The highest BCUT2D eigenvalue weighted by Gasteiger charge is 2.19. The molecule has 0 heterocycles. The predicted octanol–water partition coefficient (Wildman–Crippen LogP) is 3.25. The molecule has 0 radical (unpaired) electrons. The zero-order valence-electron chi connectivity index (χ0n) is 10.5. The summed E-state index contributed by atoms with van der Waals surface area (Å²) in [5.74, 6) is 0. The Labute approximate surface area is 132 Å². The maximum Gasteiger partial charge on any atom is 0.263 e. The number of nitrogen functional groups attached to an aromatic ring is 1. The van der Waals surface area contributed by atoms with Crippen LogP contribution in [0.25, 0.3) is 0 Å². The Bertz CT molecular complexity index is 845. The van der Waals surface area contributed by atoms with Crippen LogP contribution in [0.15, 0.2) is 41.3 Å². The molecule has 0 aliphatic carbocycles. The molecule has 21 heavy (non-hydrogen) atoms. The number of hydrogen-bond acceptors (Lipinski definition) is 4. The van der Waals surface area contributed by atoms with E-state index in [0.717, 1.165) is 0 Å². The van der Waals surface area contributed by atoms with Crippen molar-refractivity contribution in [3.05, 3.63) is 52.0 Å². The molecule has 3 N–H and O–H groups in total. The number of halogens is 2. The fourth-order valence-corrected chi connectivity index (χ4v) is 3.36. The van der Waals surface area contributed by atoms with Crippen LogP contribution >= 0.6 is 23.2 Å². The van der Waals surface area contributed by atoms with E-state index in [1.165, 1.54) is 36.4 Å². The fourth-order valence-electron chi connectivity index (χ4n) is 1.61. The molecule has 0 spiro atoms. The van der Waals surface area contributed by atoms with E-state index in [4.69, 9.17) is 34.2 Å². The molecule has 0 atom stereocenters. The largest absolute Gasteiger partial charge is 0.399 e. The fraction of sp³-hybridized carbons (Fsp3) is 0. The van der Waals surface area contributed by atoms with Gasteiger partial charge in [0.05, 0.1) is 21.3 Å². The lowest BCUT2D eigenvalue weighted by atomic mass is 10.2. The van der Waals surface area contributed by atoms with Crippen LogP contribution in [0.1, 0.15) is 5.56 Å². The summed E-state index contributed by atoms with van der Waals surface area (Å²) in [5, 5.41) is 9.18. The van der Waals surface area contributed by atoms with Gasteiger partial charge < -0.3 is 5.73 Å². The molecule has 0 aromatic heterocycles. The van der Waals surface area contributed by atoms with Gasteiger partial charge in [0.15, 0.2) is 0 Å². The van der Waals surface area contributed by atoms with Crippen LogP contribution in [0, 0.1) is 11.3 Å². The van der Waals surface area contributed by atoms with Crippen LogP contribution in [0.4, 0.5) is 11.4 Å². The molecule has 0 aliphatic rings. The van der Waals surface area contributed by atoms with E-state index < -0.39 is 10.0 Å². The summed E-state index contributed by atoms with van der Waals surface area (Å²) in [6, 6.07) is 10.2. The number of nitrogens with one attached hydrogen (secondary N) is 1. The quantitative estimate of drug-likeness (QED) is 0.837. The molecule has 108 valence electrons. The Morgan fingerprint density at radius 1 is 1.10 bits per heavy atom. The second-order valence-corrected chi connectivity index (χ2v) is 6.57. The number of anilines is 2. The molecule has 0 bridgehead atoms. The van der Waals surface area contributed by atoms with Gasteiger partial charge in [0.2, 0.25) is 0 Å². The van der Waals surface area contributed by atoms with Crippen molar-refractivity contribution < 1.29 is 8.42 Å². The first-order valence-corrected chi connectivity index (χ1v) is 7.85. The highest BCUT2D eigenvalue weighted by Crippen LogP contribution is 2.27. The summed E-state index contributed by atoms with van der Waals surface area (Å²) in [6.07, 6.45) is 0. The van der Waals surface area contributed by atoms with E-state index in [0.29, 0.717) is 0 Å². The Morgan fingerprint density at radius 3 is 2.43 bits per heavy atom. The lowest BCUT2D eigenvalue weighted by Crippen LogP contribution is -2.14. The minimum atomic E-state index is -3.92. The minimum Gasteiger partial charge on any atom is -0.399 e. The molecule has 2 rings (SSSR count). The van der Waals surface area contributed by atoms with Gasteiger partial charge in [0, 0.05) is 5.69 Å². The second kappa shape index (κ2) is 5.82. The second-order valence-electron chi connectivity index (χ2n) is 4.10. The van der Waals surface area contributed by atoms with Crippen molar-refractivity contribution >= 4 is 44.6 Å². The Balaban J connectivity index is 2.43. The standard InChI is InChI=1S/C13H9Cl2N3O2S/c14-11-4-2-10(5-8(11)7-16)18-21(19,20)13-6-9(17)1-3-12(13)15/h1-6,18H,17H2. The normalized spacial score (nSPS) is 10.9. The van der Waals surface area contributed by atoms with Gasteiger partial charge >= 0.3 is 0 Å². The predicted molar refractivity (Wildman–Crippen MR) is 82.8 cm³/mol. The zero-order valence-corrected chi connectivity index (χ0v) is 12.8. The molecule has 0 unspecified atom stereocenters. The van der Waals surface area contributed by atoms with Crippen LogP contribution in [-0.4, -0.2) is 8.42 Å².